The predicted molar refractivity (Wildman–Crippen MR) is 72.6 cm³/mol. The summed E-state index contributed by atoms with van der Waals surface area (Å²) in [6.07, 6.45) is 3.10. The number of rotatable bonds is 3. The molecule has 2 rings (SSSR count). The molecule has 0 aromatic heterocycles. The smallest absolute Gasteiger partial charge is 0.336 e. The first-order valence-electron chi connectivity index (χ1n) is 5.44. The van der Waals surface area contributed by atoms with Gasteiger partial charge in [0.15, 0.2) is 0 Å². The molecule has 0 amide bonds. The van der Waals surface area contributed by atoms with Gasteiger partial charge in [0.1, 0.15) is 5.75 Å². The minimum absolute atomic E-state index is 0.416. The van der Waals surface area contributed by atoms with Crippen LogP contribution in [0.15, 0.2) is 60.7 Å². The van der Waals surface area contributed by atoms with Crippen molar-refractivity contribution >= 4 is 23.6 Å². The zero-order valence-electron chi connectivity index (χ0n) is 9.55. The number of carbonyl (C=O) groups is 1. The number of benzene rings is 2. The minimum Gasteiger partial charge on any atom is -0.423 e. The molecule has 0 unspecified atom stereocenters. The van der Waals surface area contributed by atoms with Gasteiger partial charge in [-0.15, -0.1) is 0 Å². The summed E-state index contributed by atoms with van der Waals surface area (Å²) in [5.41, 5.74) is 0.950. The molecule has 3 heteroatoms. The maximum absolute atomic E-state index is 11.5. The van der Waals surface area contributed by atoms with Crippen molar-refractivity contribution in [1.29, 1.82) is 0 Å². The molecule has 90 valence electrons. The molecule has 0 radical (unpaired) electrons. The van der Waals surface area contributed by atoms with Gasteiger partial charge in [-0.25, -0.2) is 4.79 Å². The second-order valence-corrected chi connectivity index (χ2v) is 4.06. The van der Waals surface area contributed by atoms with Crippen molar-refractivity contribution in [3.05, 3.63) is 71.3 Å². The molecule has 0 N–H and O–H groups in total. The van der Waals surface area contributed by atoms with Gasteiger partial charge in [0, 0.05) is 11.1 Å². The highest BCUT2D eigenvalue weighted by molar-refractivity contribution is 6.30. The second-order valence-electron chi connectivity index (χ2n) is 3.62. The molecule has 0 aliphatic carbocycles. The normalized spacial score (nSPS) is 10.5. The van der Waals surface area contributed by atoms with Crippen LogP contribution in [0, 0.1) is 0 Å². The van der Waals surface area contributed by atoms with E-state index in [1.165, 1.54) is 6.08 Å². The maximum Gasteiger partial charge on any atom is 0.336 e. The SMILES string of the molecule is O=C(/C=C/c1ccccc1)Oc1ccc(Cl)cc1. The Bertz CT molecular complexity index is 544. The van der Waals surface area contributed by atoms with E-state index in [1.54, 1.807) is 30.3 Å². The van der Waals surface area contributed by atoms with Gasteiger partial charge in [-0.1, -0.05) is 41.9 Å². The molecule has 0 heterocycles. The molecule has 18 heavy (non-hydrogen) atoms. The van der Waals surface area contributed by atoms with E-state index in [2.05, 4.69) is 0 Å². The Labute approximate surface area is 110 Å². The first-order valence-corrected chi connectivity index (χ1v) is 5.82. The van der Waals surface area contributed by atoms with Crippen molar-refractivity contribution in [2.24, 2.45) is 0 Å². The van der Waals surface area contributed by atoms with Gasteiger partial charge < -0.3 is 4.74 Å². The first-order chi connectivity index (χ1) is 8.74. The van der Waals surface area contributed by atoms with Crippen molar-refractivity contribution in [2.45, 2.75) is 0 Å². The molecule has 0 saturated heterocycles. The van der Waals surface area contributed by atoms with Crippen molar-refractivity contribution < 1.29 is 9.53 Å². The summed E-state index contributed by atoms with van der Waals surface area (Å²) in [6, 6.07) is 16.2. The number of halogens is 1. The zero-order chi connectivity index (χ0) is 12.8. The molecule has 0 spiro atoms. The van der Waals surface area contributed by atoms with Gasteiger partial charge in [-0.3, -0.25) is 0 Å². The van der Waals surface area contributed by atoms with Crippen molar-refractivity contribution in [3.8, 4) is 5.75 Å². The van der Waals surface area contributed by atoms with Crippen LogP contribution in [0.4, 0.5) is 0 Å². The van der Waals surface area contributed by atoms with E-state index < -0.39 is 5.97 Å². The van der Waals surface area contributed by atoms with Gasteiger partial charge in [0.2, 0.25) is 0 Å². The maximum atomic E-state index is 11.5. The average Bonchev–Trinajstić information content (AvgIpc) is 2.40. The number of hydrogen-bond donors (Lipinski definition) is 0. The third kappa shape index (κ3) is 3.75. The second kappa shape index (κ2) is 6.03. The molecule has 2 nitrogen and oxygen atoms in total. The summed E-state index contributed by atoms with van der Waals surface area (Å²) in [4.78, 5) is 11.5. The summed E-state index contributed by atoms with van der Waals surface area (Å²) in [7, 11) is 0. The van der Waals surface area contributed by atoms with Crippen LogP contribution in [0.2, 0.25) is 5.02 Å². The van der Waals surface area contributed by atoms with Crippen LogP contribution in [0.5, 0.6) is 5.75 Å². The van der Waals surface area contributed by atoms with E-state index in [1.807, 2.05) is 30.3 Å². The highest BCUT2D eigenvalue weighted by Gasteiger charge is 1.99. The molecular weight excluding hydrogens is 248 g/mol. The molecule has 2 aromatic carbocycles. The van der Waals surface area contributed by atoms with E-state index >= 15 is 0 Å². The lowest BCUT2D eigenvalue weighted by molar-refractivity contribution is -0.128. The Kier molecular flexibility index (Phi) is 4.15. The Balaban J connectivity index is 1.97. The van der Waals surface area contributed by atoms with Crippen molar-refractivity contribution in [3.63, 3.8) is 0 Å². The lowest BCUT2D eigenvalue weighted by Crippen LogP contribution is -2.03. The Morgan fingerprint density at radius 1 is 1.00 bits per heavy atom. The first kappa shape index (κ1) is 12.4. The number of esters is 1. The highest BCUT2D eigenvalue weighted by Crippen LogP contribution is 2.15. The van der Waals surface area contributed by atoms with Crippen molar-refractivity contribution in [2.75, 3.05) is 0 Å². The van der Waals surface area contributed by atoms with Gasteiger partial charge in [-0.2, -0.15) is 0 Å². The summed E-state index contributed by atoms with van der Waals surface area (Å²) >= 11 is 5.73. The molecule has 0 aliphatic rings. The summed E-state index contributed by atoms with van der Waals surface area (Å²) in [5.74, 6) is 0.0586. The number of carbonyl (C=O) groups excluding carboxylic acids is 1. The Morgan fingerprint density at radius 3 is 2.33 bits per heavy atom. The van der Waals surface area contributed by atoms with E-state index in [-0.39, 0.29) is 0 Å². The lowest BCUT2D eigenvalue weighted by Gasteiger charge is -2.00. The summed E-state index contributed by atoms with van der Waals surface area (Å²) < 4.78 is 5.11. The fourth-order valence-corrected chi connectivity index (χ4v) is 1.51. The molecule has 0 saturated carbocycles. The molecule has 0 atom stereocenters. The van der Waals surface area contributed by atoms with Gasteiger partial charge >= 0.3 is 5.97 Å². The van der Waals surface area contributed by atoms with E-state index in [4.69, 9.17) is 16.3 Å². The molecule has 0 aliphatic heterocycles. The van der Waals surface area contributed by atoms with Gasteiger partial charge in [0.05, 0.1) is 0 Å². The van der Waals surface area contributed by atoms with Crippen molar-refractivity contribution in [1.82, 2.24) is 0 Å². The van der Waals surface area contributed by atoms with Crippen LogP contribution >= 0.6 is 11.6 Å². The van der Waals surface area contributed by atoms with Gasteiger partial charge in [0.25, 0.3) is 0 Å². The fourth-order valence-electron chi connectivity index (χ4n) is 1.38. The van der Waals surface area contributed by atoms with Crippen LogP contribution in [0.1, 0.15) is 5.56 Å². The van der Waals surface area contributed by atoms with Crippen LogP contribution in [-0.4, -0.2) is 5.97 Å². The van der Waals surface area contributed by atoms with Crippen LogP contribution in [0.3, 0.4) is 0 Å². The average molecular weight is 259 g/mol. The van der Waals surface area contributed by atoms with Gasteiger partial charge in [-0.05, 0) is 35.9 Å². The zero-order valence-corrected chi connectivity index (χ0v) is 10.3. The van der Waals surface area contributed by atoms with E-state index in [0.29, 0.717) is 10.8 Å². The third-order valence-corrected chi connectivity index (χ3v) is 2.50. The highest BCUT2D eigenvalue weighted by atomic mass is 35.5. The fraction of sp³-hybridized carbons (Fsp3) is 0. The Morgan fingerprint density at radius 2 is 1.67 bits per heavy atom. The third-order valence-electron chi connectivity index (χ3n) is 2.24. The quantitative estimate of drug-likeness (QED) is 0.473. The van der Waals surface area contributed by atoms with Crippen LogP contribution < -0.4 is 4.74 Å². The number of hydrogen-bond acceptors (Lipinski definition) is 2. The molecule has 0 bridgehead atoms. The standard InChI is InChI=1S/C15H11ClO2/c16-13-7-9-14(10-8-13)18-15(17)11-6-12-4-2-1-3-5-12/h1-11H/b11-6+. The topological polar surface area (TPSA) is 26.3 Å². The van der Waals surface area contributed by atoms with E-state index in [0.717, 1.165) is 5.56 Å². The molecule has 0 fully saturated rings. The van der Waals surface area contributed by atoms with Crippen LogP contribution in [0.25, 0.3) is 6.08 Å². The minimum atomic E-state index is -0.416. The van der Waals surface area contributed by atoms with E-state index in [9.17, 15) is 4.79 Å². The van der Waals surface area contributed by atoms with Crippen LogP contribution in [-0.2, 0) is 4.79 Å². The number of ether oxygens (including phenoxy) is 1. The largest absolute Gasteiger partial charge is 0.423 e. The molecule has 2 aromatic rings. The Hall–Kier alpha value is -2.06. The predicted octanol–water partition coefficient (Wildman–Crippen LogP) is 3.96. The molecular formula is C15H11ClO2. The lowest BCUT2D eigenvalue weighted by atomic mass is 10.2. The summed E-state index contributed by atoms with van der Waals surface area (Å²) in [5, 5.41) is 0.606. The monoisotopic (exact) mass is 258 g/mol. The summed E-state index contributed by atoms with van der Waals surface area (Å²) in [6.45, 7) is 0.